The molecule has 8 heteroatoms. The van der Waals surface area contributed by atoms with Crippen molar-refractivity contribution in [2.24, 2.45) is 0 Å². The van der Waals surface area contributed by atoms with E-state index in [2.05, 4.69) is 20.8 Å². The van der Waals surface area contributed by atoms with E-state index in [9.17, 15) is 9.59 Å². The van der Waals surface area contributed by atoms with E-state index in [1.54, 1.807) is 18.2 Å². The number of esters is 1. The Morgan fingerprint density at radius 2 is 1.58 bits per heavy atom. The maximum absolute atomic E-state index is 12.8. The first-order valence-electron chi connectivity index (χ1n) is 11.3. The molecule has 0 bridgehead atoms. The lowest BCUT2D eigenvalue weighted by Gasteiger charge is -2.22. The molecular weight excluding hydrogens is 464 g/mol. The first-order chi connectivity index (χ1) is 17.2. The number of carbonyl (C=O) groups is 1. The summed E-state index contributed by atoms with van der Waals surface area (Å²) in [5.74, 6) is 1.26. The molecule has 0 saturated carbocycles. The van der Waals surface area contributed by atoms with Crippen molar-refractivity contribution in [3.05, 3.63) is 64.5 Å². The third-order valence-corrected chi connectivity index (χ3v) is 5.75. The van der Waals surface area contributed by atoms with Crippen LogP contribution in [0.4, 0.5) is 0 Å². The highest BCUT2D eigenvalue weighted by atomic mass is 16.6. The van der Waals surface area contributed by atoms with E-state index in [1.165, 1.54) is 27.4 Å². The van der Waals surface area contributed by atoms with Gasteiger partial charge in [-0.3, -0.25) is 0 Å². The number of carbonyl (C=O) groups excluding carboxylic acids is 1. The minimum absolute atomic E-state index is 0.146. The van der Waals surface area contributed by atoms with Crippen molar-refractivity contribution in [1.82, 2.24) is 0 Å². The van der Waals surface area contributed by atoms with Crippen molar-refractivity contribution in [2.45, 2.75) is 26.2 Å². The van der Waals surface area contributed by atoms with Crippen molar-refractivity contribution < 1.29 is 32.9 Å². The van der Waals surface area contributed by atoms with E-state index in [4.69, 9.17) is 28.1 Å². The van der Waals surface area contributed by atoms with E-state index in [0.29, 0.717) is 33.8 Å². The average molecular weight is 493 g/mol. The topological polar surface area (TPSA) is 93.4 Å². The Bertz CT molecular complexity index is 1490. The molecule has 0 saturated heterocycles. The summed E-state index contributed by atoms with van der Waals surface area (Å²) in [5, 5.41) is 1.35. The number of hydrogen-bond acceptors (Lipinski definition) is 8. The summed E-state index contributed by atoms with van der Waals surface area (Å²) in [6, 6.07) is 13.9. The van der Waals surface area contributed by atoms with Gasteiger partial charge in [0.05, 0.1) is 26.7 Å². The summed E-state index contributed by atoms with van der Waals surface area (Å²) in [6.45, 7) is 5.93. The molecule has 0 unspecified atom stereocenters. The Morgan fingerprint density at radius 1 is 0.861 bits per heavy atom. The zero-order chi connectivity index (χ0) is 26.0. The second-order valence-corrected chi connectivity index (χ2v) is 9.12. The highest BCUT2D eigenvalue weighted by molar-refractivity contribution is 6.10. The van der Waals surface area contributed by atoms with Gasteiger partial charge in [0, 0.05) is 16.8 Å². The Balaban J connectivity index is 1.65. The lowest BCUT2D eigenvalue weighted by Crippen LogP contribution is -2.20. The molecule has 0 amide bonds. The highest BCUT2D eigenvalue weighted by Gasteiger charge is 2.22. The van der Waals surface area contributed by atoms with Gasteiger partial charge in [0.1, 0.15) is 17.1 Å². The Kier molecular flexibility index (Phi) is 6.79. The number of fused-ring (bicyclic) bond motifs is 3. The van der Waals surface area contributed by atoms with Crippen LogP contribution in [0.3, 0.4) is 0 Å². The zero-order valence-electron chi connectivity index (χ0n) is 21.1. The van der Waals surface area contributed by atoms with Gasteiger partial charge in [0.15, 0.2) is 18.1 Å². The molecule has 1 aromatic heterocycles. The predicted molar refractivity (Wildman–Crippen MR) is 136 cm³/mol. The third kappa shape index (κ3) is 4.66. The van der Waals surface area contributed by atoms with Crippen LogP contribution in [0, 0.1) is 0 Å². The number of methoxy groups -OCH3 is 3. The van der Waals surface area contributed by atoms with E-state index >= 15 is 0 Å². The molecule has 0 aliphatic rings. The Morgan fingerprint density at radius 3 is 2.25 bits per heavy atom. The van der Waals surface area contributed by atoms with Crippen LogP contribution in [0.25, 0.3) is 21.7 Å². The molecule has 1 heterocycles. The smallest absolute Gasteiger partial charge is 0.349 e. The van der Waals surface area contributed by atoms with Gasteiger partial charge >= 0.3 is 11.6 Å². The van der Waals surface area contributed by atoms with Gasteiger partial charge in [-0.05, 0) is 35.2 Å². The van der Waals surface area contributed by atoms with E-state index in [1.807, 2.05) is 24.3 Å². The van der Waals surface area contributed by atoms with Crippen molar-refractivity contribution in [2.75, 3.05) is 27.9 Å². The van der Waals surface area contributed by atoms with Crippen LogP contribution < -0.4 is 29.3 Å². The minimum atomic E-state index is -0.595. The Hall–Kier alpha value is -4.20. The SMILES string of the molecule is COc1cc2c(=O)oc3cc(OC(=O)COc4ccccc4C(C)(C)C)ccc3c2c(OC)c1OC. The summed E-state index contributed by atoms with van der Waals surface area (Å²) in [5.41, 5.74) is 0.468. The van der Waals surface area contributed by atoms with Gasteiger partial charge in [-0.25, -0.2) is 9.59 Å². The lowest BCUT2D eigenvalue weighted by atomic mass is 9.86. The summed E-state index contributed by atoms with van der Waals surface area (Å²) in [6.07, 6.45) is 0. The summed E-state index contributed by atoms with van der Waals surface area (Å²) >= 11 is 0. The maximum Gasteiger partial charge on any atom is 0.349 e. The minimum Gasteiger partial charge on any atom is -0.493 e. The summed E-state index contributed by atoms with van der Waals surface area (Å²) < 4.78 is 33.1. The highest BCUT2D eigenvalue weighted by Crippen LogP contribution is 2.45. The monoisotopic (exact) mass is 492 g/mol. The average Bonchev–Trinajstić information content (AvgIpc) is 2.85. The van der Waals surface area contributed by atoms with Crippen LogP contribution in [-0.2, 0) is 10.2 Å². The molecule has 0 aliphatic carbocycles. The first-order valence-corrected chi connectivity index (χ1v) is 11.3. The van der Waals surface area contributed by atoms with Gasteiger partial charge in [-0.1, -0.05) is 39.0 Å². The van der Waals surface area contributed by atoms with Crippen LogP contribution in [-0.4, -0.2) is 33.9 Å². The van der Waals surface area contributed by atoms with E-state index < -0.39 is 11.6 Å². The number of ether oxygens (including phenoxy) is 5. The lowest BCUT2D eigenvalue weighted by molar-refractivity contribution is -0.136. The predicted octanol–water partition coefficient (Wildman–Crippen LogP) is 5.25. The molecule has 8 nitrogen and oxygen atoms in total. The van der Waals surface area contributed by atoms with Gasteiger partial charge in [-0.2, -0.15) is 0 Å². The first kappa shape index (κ1) is 24.9. The Labute approximate surface area is 208 Å². The fourth-order valence-corrected chi connectivity index (χ4v) is 4.11. The van der Waals surface area contributed by atoms with E-state index in [0.717, 1.165) is 5.56 Å². The molecule has 188 valence electrons. The van der Waals surface area contributed by atoms with Crippen LogP contribution in [0.15, 0.2) is 57.7 Å². The van der Waals surface area contributed by atoms with Gasteiger partial charge < -0.3 is 28.1 Å². The number of benzene rings is 3. The quantitative estimate of drug-likeness (QED) is 0.149. The van der Waals surface area contributed by atoms with Crippen LogP contribution in [0.2, 0.25) is 0 Å². The van der Waals surface area contributed by atoms with Crippen LogP contribution in [0.5, 0.6) is 28.7 Å². The van der Waals surface area contributed by atoms with Crippen molar-refractivity contribution in [1.29, 1.82) is 0 Å². The molecular formula is C28H28O8. The molecule has 0 fully saturated rings. The third-order valence-electron chi connectivity index (χ3n) is 5.75. The van der Waals surface area contributed by atoms with Crippen LogP contribution in [0.1, 0.15) is 26.3 Å². The number of rotatable bonds is 7. The second-order valence-electron chi connectivity index (χ2n) is 9.12. The van der Waals surface area contributed by atoms with E-state index in [-0.39, 0.29) is 28.7 Å². The molecule has 3 aromatic carbocycles. The zero-order valence-corrected chi connectivity index (χ0v) is 21.1. The fourth-order valence-electron chi connectivity index (χ4n) is 4.11. The number of hydrogen-bond donors (Lipinski definition) is 0. The molecule has 0 atom stereocenters. The second kappa shape index (κ2) is 9.81. The van der Waals surface area contributed by atoms with Crippen molar-refractivity contribution in [3.63, 3.8) is 0 Å². The largest absolute Gasteiger partial charge is 0.493 e. The fraction of sp³-hybridized carbons (Fsp3) is 0.286. The van der Waals surface area contributed by atoms with Gasteiger partial charge in [-0.15, -0.1) is 0 Å². The maximum atomic E-state index is 12.8. The molecule has 0 N–H and O–H groups in total. The van der Waals surface area contributed by atoms with Crippen molar-refractivity contribution >= 4 is 27.7 Å². The summed E-state index contributed by atoms with van der Waals surface area (Å²) in [4.78, 5) is 25.3. The molecule has 0 spiro atoms. The molecule has 4 rings (SSSR count). The number of para-hydroxylation sites is 1. The molecule has 4 aromatic rings. The molecule has 0 aliphatic heterocycles. The normalized spacial score (nSPS) is 11.4. The van der Waals surface area contributed by atoms with Crippen LogP contribution >= 0.6 is 0 Å². The molecule has 36 heavy (non-hydrogen) atoms. The molecule has 0 radical (unpaired) electrons. The van der Waals surface area contributed by atoms with Crippen molar-refractivity contribution in [3.8, 4) is 28.7 Å². The van der Waals surface area contributed by atoms with Gasteiger partial charge in [0.2, 0.25) is 5.75 Å². The van der Waals surface area contributed by atoms with Gasteiger partial charge in [0.25, 0.3) is 0 Å². The standard InChI is InChI=1S/C28H28O8/c1-28(2,3)19-9-7-8-10-20(19)34-15-23(29)35-16-11-12-17-21(13-16)36-27(30)18-14-22(31-4)25(32-5)26(33-6)24(17)18/h7-14H,15H2,1-6H3. The summed E-state index contributed by atoms with van der Waals surface area (Å²) in [7, 11) is 4.43.